The molecular formula is C11H21N3O. The monoisotopic (exact) mass is 211 g/mol. The molecule has 86 valence electrons. The number of nitrogens with zero attached hydrogens (tertiary/aromatic N) is 2. The average Bonchev–Trinajstić information content (AvgIpc) is 2.73. The van der Waals surface area contributed by atoms with E-state index in [1.165, 1.54) is 19.4 Å². The smallest absolute Gasteiger partial charge is 0.239 e. The van der Waals surface area contributed by atoms with Crippen molar-refractivity contribution < 1.29 is 4.79 Å². The fourth-order valence-electron chi connectivity index (χ4n) is 2.60. The lowest BCUT2D eigenvalue weighted by Crippen LogP contribution is -2.55. The van der Waals surface area contributed by atoms with Crippen molar-refractivity contribution in [3.8, 4) is 0 Å². The zero-order valence-corrected chi connectivity index (χ0v) is 9.48. The van der Waals surface area contributed by atoms with Gasteiger partial charge in [-0.25, -0.2) is 0 Å². The van der Waals surface area contributed by atoms with Gasteiger partial charge in [-0.05, 0) is 25.8 Å². The van der Waals surface area contributed by atoms with E-state index in [9.17, 15) is 4.79 Å². The van der Waals surface area contributed by atoms with Gasteiger partial charge in [0.25, 0.3) is 0 Å². The molecule has 0 radical (unpaired) electrons. The highest BCUT2D eigenvalue weighted by Crippen LogP contribution is 2.21. The van der Waals surface area contributed by atoms with Gasteiger partial charge in [-0.2, -0.15) is 0 Å². The molecule has 2 atom stereocenters. The van der Waals surface area contributed by atoms with Crippen molar-refractivity contribution in [2.75, 3.05) is 26.2 Å². The first kappa shape index (κ1) is 10.9. The molecule has 2 unspecified atom stereocenters. The molecule has 2 rings (SSSR count). The van der Waals surface area contributed by atoms with Crippen LogP contribution in [0.4, 0.5) is 0 Å². The largest absolute Gasteiger partial charge is 0.338 e. The molecule has 2 saturated heterocycles. The van der Waals surface area contributed by atoms with Gasteiger partial charge in [0.2, 0.25) is 5.91 Å². The Kier molecular flexibility index (Phi) is 3.26. The van der Waals surface area contributed by atoms with E-state index in [0.717, 1.165) is 26.1 Å². The lowest BCUT2D eigenvalue weighted by Gasteiger charge is -2.38. The number of nitrogens with two attached hydrogens (primary N) is 1. The molecule has 1 amide bonds. The van der Waals surface area contributed by atoms with E-state index in [0.29, 0.717) is 6.04 Å². The average molecular weight is 211 g/mol. The number of hydrogen-bond donors (Lipinski definition) is 1. The van der Waals surface area contributed by atoms with Gasteiger partial charge in [-0.3, -0.25) is 9.69 Å². The Morgan fingerprint density at radius 2 is 2.27 bits per heavy atom. The molecule has 0 spiro atoms. The lowest BCUT2D eigenvalue weighted by molar-refractivity contribution is -0.135. The molecule has 0 saturated carbocycles. The molecule has 0 bridgehead atoms. The van der Waals surface area contributed by atoms with Crippen molar-refractivity contribution in [3.05, 3.63) is 0 Å². The van der Waals surface area contributed by atoms with Crippen molar-refractivity contribution in [2.24, 2.45) is 5.73 Å². The van der Waals surface area contributed by atoms with Crippen LogP contribution in [0.15, 0.2) is 0 Å². The topological polar surface area (TPSA) is 49.6 Å². The Balaban J connectivity index is 1.92. The number of rotatable bonds is 2. The fourth-order valence-corrected chi connectivity index (χ4v) is 2.60. The third-order valence-corrected chi connectivity index (χ3v) is 3.66. The maximum Gasteiger partial charge on any atom is 0.239 e. The summed E-state index contributed by atoms with van der Waals surface area (Å²) >= 11 is 0. The number of fused-ring (bicyclic) bond motifs is 1. The van der Waals surface area contributed by atoms with Gasteiger partial charge in [-0.1, -0.05) is 6.92 Å². The van der Waals surface area contributed by atoms with E-state index in [2.05, 4.69) is 4.90 Å². The number of carbonyl (C=O) groups is 1. The SMILES string of the molecule is CCC(N)C(=O)N1CCN2CCCC2C1. The first-order valence-corrected chi connectivity index (χ1v) is 6.00. The van der Waals surface area contributed by atoms with E-state index in [1.807, 2.05) is 11.8 Å². The third kappa shape index (κ3) is 2.16. The Hall–Kier alpha value is -0.610. The van der Waals surface area contributed by atoms with Crippen molar-refractivity contribution in [3.63, 3.8) is 0 Å². The summed E-state index contributed by atoms with van der Waals surface area (Å²) in [5.41, 5.74) is 5.78. The minimum atomic E-state index is -0.294. The Morgan fingerprint density at radius 3 is 3.00 bits per heavy atom. The van der Waals surface area contributed by atoms with Crippen LogP contribution in [-0.2, 0) is 4.79 Å². The molecule has 2 aliphatic rings. The number of piperazine rings is 1. The van der Waals surface area contributed by atoms with E-state index in [-0.39, 0.29) is 11.9 Å². The van der Waals surface area contributed by atoms with Crippen LogP contribution in [0.5, 0.6) is 0 Å². The molecule has 2 fully saturated rings. The van der Waals surface area contributed by atoms with Gasteiger partial charge in [0.1, 0.15) is 0 Å². The maximum atomic E-state index is 11.9. The predicted molar refractivity (Wildman–Crippen MR) is 59.4 cm³/mol. The summed E-state index contributed by atoms with van der Waals surface area (Å²) in [5.74, 6) is 0.143. The minimum absolute atomic E-state index is 0.143. The second kappa shape index (κ2) is 4.49. The standard InChI is InChI=1S/C11H21N3O/c1-2-10(12)11(15)14-7-6-13-5-3-4-9(13)8-14/h9-10H,2-8,12H2,1H3. The van der Waals surface area contributed by atoms with Crippen LogP contribution >= 0.6 is 0 Å². The van der Waals surface area contributed by atoms with E-state index >= 15 is 0 Å². The fraction of sp³-hybridized carbons (Fsp3) is 0.909. The van der Waals surface area contributed by atoms with E-state index in [1.54, 1.807) is 0 Å². The van der Waals surface area contributed by atoms with Crippen LogP contribution in [0, 0.1) is 0 Å². The molecule has 0 aromatic heterocycles. The minimum Gasteiger partial charge on any atom is -0.338 e. The molecule has 4 nitrogen and oxygen atoms in total. The van der Waals surface area contributed by atoms with Gasteiger partial charge < -0.3 is 10.6 Å². The van der Waals surface area contributed by atoms with Crippen LogP contribution in [-0.4, -0.2) is 54.0 Å². The molecule has 4 heteroatoms. The van der Waals surface area contributed by atoms with Gasteiger partial charge in [0.15, 0.2) is 0 Å². The third-order valence-electron chi connectivity index (χ3n) is 3.66. The van der Waals surface area contributed by atoms with Crippen LogP contribution in [0.1, 0.15) is 26.2 Å². The normalized spacial score (nSPS) is 28.9. The number of carbonyl (C=O) groups excluding carboxylic acids is 1. The molecule has 2 aliphatic heterocycles. The van der Waals surface area contributed by atoms with Crippen molar-refractivity contribution in [1.29, 1.82) is 0 Å². The van der Waals surface area contributed by atoms with Crippen LogP contribution in [0.2, 0.25) is 0 Å². The van der Waals surface area contributed by atoms with Crippen molar-refractivity contribution in [2.45, 2.75) is 38.3 Å². The first-order valence-electron chi connectivity index (χ1n) is 6.00. The quantitative estimate of drug-likeness (QED) is 0.701. The van der Waals surface area contributed by atoms with E-state index < -0.39 is 0 Å². The molecular weight excluding hydrogens is 190 g/mol. The maximum absolute atomic E-state index is 11.9. The Morgan fingerprint density at radius 1 is 1.47 bits per heavy atom. The summed E-state index contributed by atoms with van der Waals surface area (Å²) < 4.78 is 0. The summed E-state index contributed by atoms with van der Waals surface area (Å²) in [7, 11) is 0. The molecule has 0 aromatic carbocycles. The molecule has 0 aromatic rings. The predicted octanol–water partition coefficient (Wildman–Crippen LogP) is 0.0303. The zero-order valence-electron chi connectivity index (χ0n) is 9.48. The Bertz CT molecular complexity index is 244. The highest BCUT2D eigenvalue weighted by Gasteiger charge is 2.33. The van der Waals surface area contributed by atoms with Gasteiger partial charge in [0, 0.05) is 25.7 Å². The van der Waals surface area contributed by atoms with Crippen molar-refractivity contribution >= 4 is 5.91 Å². The number of amides is 1. The van der Waals surface area contributed by atoms with Crippen LogP contribution in [0.3, 0.4) is 0 Å². The molecule has 2 heterocycles. The summed E-state index contributed by atoms with van der Waals surface area (Å²) in [6.07, 6.45) is 3.27. The number of hydrogen-bond acceptors (Lipinski definition) is 3. The lowest BCUT2D eigenvalue weighted by atomic mass is 10.1. The van der Waals surface area contributed by atoms with Gasteiger partial charge in [0.05, 0.1) is 6.04 Å². The summed E-state index contributed by atoms with van der Waals surface area (Å²) in [6, 6.07) is 0.310. The van der Waals surface area contributed by atoms with Crippen LogP contribution < -0.4 is 5.73 Å². The highest BCUT2D eigenvalue weighted by molar-refractivity contribution is 5.81. The molecule has 0 aliphatic carbocycles. The summed E-state index contributed by atoms with van der Waals surface area (Å²) in [5, 5.41) is 0. The van der Waals surface area contributed by atoms with Gasteiger partial charge >= 0.3 is 0 Å². The first-order chi connectivity index (χ1) is 7.22. The second-order valence-electron chi connectivity index (χ2n) is 4.63. The highest BCUT2D eigenvalue weighted by atomic mass is 16.2. The van der Waals surface area contributed by atoms with Crippen molar-refractivity contribution in [1.82, 2.24) is 9.80 Å². The van der Waals surface area contributed by atoms with E-state index in [4.69, 9.17) is 5.73 Å². The zero-order chi connectivity index (χ0) is 10.8. The summed E-state index contributed by atoms with van der Waals surface area (Å²) in [6.45, 7) is 5.98. The molecule has 2 N–H and O–H groups in total. The second-order valence-corrected chi connectivity index (χ2v) is 4.63. The summed E-state index contributed by atoms with van der Waals surface area (Å²) in [4.78, 5) is 16.4. The van der Waals surface area contributed by atoms with Gasteiger partial charge in [-0.15, -0.1) is 0 Å². The Labute approximate surface area is 91.4 Å². The molecule has 15 heavy (non-hydrogen) atoms. The van der Waals surface area contributed by atoms with Crippen LogP contribution in [0.25, 0.3) is 0 Å².